The van der Waals surface area contributed by atoms with Crippen LogP contribution in [-0.2, 0) is 11.0 Å². The third kappa shape index (κ3) is 1.57. The summed E-state index contributed by atoms with van der Waals surface area (Å²) >= 11 is 0. The number of fused-ring (bicyclic) bond motifs is 1. The molecular formula is C13H11NO2S. The van der Waals surface area contributed by atoms with Crippen LogP contribution in [0.2, 0.25) is 0 Å². The molecular weight excluding hydrogens is 234 g/mol. The maximum Gasteiger partial charge on any atom is 0.166 e. The van der Waals surface area contributed by atoms with Crippen LogP contribution in [-0.4, -0.2) is 9.32 Å². The first kappa shape index (κ1) is 10.5. The average molecular weight is 245 g/mol. The predicted molar refractivity (Wildman–Crippen MR) is 66.7 cm³/mol. The topological polar surface area (TPSA) is 40.5 Å². The van der Waals surface area contributed by atoms with Gasteiger partial charge >= 0.3 is 0 Å². The fourth-order valence-electron chi connectivity index (χ4n) is 1.99. The number of para-hydroxylation sites is 1. The van der Waals surface area contributed by atoms with Crippen LogP contribution in [0, 0.1) is 0 Å². The number of rotatable bonds is 1. The number of hydrogen-bond donors (Lipinski definition) is 1. The van der Waals surface area contributed by atoms with Crippen LogP contribution >= 0.6 is 0 Å². The smallest absolute Gasteiger partial charge is 0.166 e. The summed E-state index contributed by atoms with van der Waals surface area (Å²) in [4.78, 5) is 0.684. The Hall–Kier alpha value is -1.65. The number of nitrogens with zero attached hydrogens (tertiary/aromatic N) is 1. The predicted octanol–water partition coefficient (Wildman–Crippen LogP) is 2.22. The van der Waals surface area contributed by atoms with E-state index in [0.717, 1.165) is 11.3 Å². The van der Waals surface area contributed by atoms with Gasteiger partial charge in [0.25, 0.3) is 0 Å². The van der Waals surface area contributed by atoms with Crippen molar-refractivity contribution in [2.24, 2.45) is 0 Å². The Morgan fingerprint density at radius 2 is 1.65 bits per heavy atom. The lowest BCUT2D eigenvalue weighted by atomic mass is 10.2. The maximum atomic E-state index is 12.3. The molecule has 2 aromatic rings. The largest absolute Gasteiger partial charge is 0.368 e. The van der Waals surface area contributed by atoms with Gasteiger partial charge in [-0.15, -0.1) is 0 Å². The number of hydrogen-bond acceptors (Lipinski definition) is 2. The van der Waals surface area contributed by atoms with Gasteiger partial charge in [0, 0.05) is 5.56 Å². The van der Waals surface area contributed by atoms with E-state index in [1.165, 1.54) is 4.31 Å². The van der Waals surface area contributed by atoms with Gasteiger partial charge in [-0.25, -0.2) is 4.21 Å². The third-order valence-electron chi connectivity index (χ3n) is 2.80. The number of benzene rings is 2. The van der Waals surface area contributed by atoms with Gasteiger partial charge in [0.15, 0.2) is 17.2 Å². The molecule has 0 saturated carbocycles. The molecule has 1 N–H and O–H groups in total. The first-order valence-electron chi connectivity index (χ1n) is 5.32. The summed E-state index contributed by atoms with van der Waals surface area (Å²) in [7, 11) is -1.33. The molecule has 2 atom stereocenters. The second kappa shape index (κ2) is 3.98. The van der Waals surface area contributed by atoms with Crippen LogP contribution in [0.15, 0.2) is 59.5 Å². The van der Waals surface area contributed by atoms with E-state index in [1.807, 2.05) is 42.5 Å². The van der Waals surface area contributed by atoms with Crippen LogP contribution in [0.4, 0.5) is 5.69 Å². The molecule has 0 saturated heterocycles. The quantitative estimate of drug-likeness (QED) is 0.837. The molecule has 1 aliphatic rings. The Morgan fingerprint density at radius 1 is 1.00 bits per heavy atom. The summed E-state index contributed by atoms with van der Waals surface area (Å²) in [5.74, 6) is 0. The Morgan fingerprint density at radius 3 is 2.35 bits per heavy atom. The van der Waals surface area contributed by atoms with E-state index in [9.17, 15) is 9.32 Å². The van der Waals surface area contributed by atoms with Crippen LogP contribution in [0.25, 0.3) is 0 Å². The monoisotopic (exact) mass is 245 g/mol. The fraction of sp³-hybridized carbons (Fsp3) is 0.0769. The van der Waals surface area contributed by atoms with Gasteiger partial charge in [-0.3, -0.25) is 4.31 Å². The van der Waals surface area contributed by atoms with Crippen molar-refractivity contribution < 1.29 is 9.32 Å². The Bertz CT molecular complexity index is 571. The van der Waals surface area contributed by atoms with Crippen molar-refractivity contribution in [2.75, 3.05) is 4.31 Å². The molecule has 0 bridgehead atoms. The first-order valence-corrected chi connectivity index (χ1v) is 6.43. The zero-order chi connectivity index (χ0) is 11.8. The molecule has 3 rings (SSSR count). The Labute approximate surface area is 102 Å². The fourth-order valence-corrected chi connectivity index (χ4v) is 3.38. The van der Waals surface area contributed by atoms with Crippen LogP contribution in [0.5, 0.6) is 0 Å². The minimum absolute atomic E-state index is 0.684. The van der Waals surface area contributed by atoms with E-state index < -0.39 is 17.2 Å². The lowest BCUT2D eigenvalue weighted by Crippen LogP contribution is -2.23. The molecule has 1 heterocycles. The molecule has 0 unspecified atom stereocenters. The summed E-state index contributed by atoms with van der Waals surface area (Å²) in [6.45, 7) is 0. The van der Waals surface area contributed by atoms with E-state index in [0.29, 0.717) is 4.90 Å². The third-order valence-corrected chi connectivity index (χ3v) is 4.31. The SMILES string of the molecule is O=[S@@]1c2ccccc2[C@H](O)N1c1ccccc1. The highest BCUT2D eigenvalue weighted by molar-refractivity contribution is 7.86. The zero-order valence-electron chi connectivity index (χ0n) is 8.98. The molecule has 0 radical (unpaired) electrons. The minimum Gasteiger partial charge on any atom is -0.368 e. The summed E-state index contributed by atoms with van der Waals surface area (Å²) in [6.07, 6.45) is -0.838. The van der Waals surface area contributed by atoms with Crippen molar-refractivity contribution >= 4 is 16.7 Å². The van der Waals surface area contributed by atoms with Gasteiger partial charge in [0.1, 0.15) is 0 Å². The minimum atomic E-state index is -1.33. The normalized spacial score (nSPS) is 22.5. The highest BCUT2D eigenvalue weighted by Crippen LogP contribution is 2.38. The lowest BCUT2D eigenvalue weighted by molar-refractivity contribution is 0.194. The van der Waals surface area contributed by atoms with Gasteiger partial charge < -0.3 is 5.11 Å². The number of aliphatic hydroxyl groups excluding tert-OH is 1. The standard InChI is InChI=1S/C13H11NO2S/c15-13-11-8-4-5-9-12(11)17(16)14(13)10-6-2-1-3-7-10/h1-9,13,15H/t13-,17+/m0/s1. The average Bonchev–Trinajstić information content (AvgIpc) is 2.64. The van der Waals surface area contributed by atoms with Gasteiger partial charge in [0.05, 0.1) is 10.6 Å². The van der Waals surface area contributed by atoms with Crippen molar-refractivity contribution in [3.63, 3.8) is 0 Å². The number of anilines is 1. The molecule has 17 heavy (non-hydrogen) atoms. The van der Waals surface area contributed by atoms with Crippen LogP contribution in [0.3, 0.4) is 0 Å². The van der Waals surface area contributed by atoms with Gasteiger partial charge in [-0.2, -0.15) is 0 Å². The second-order valence-corrected chi connectivity index (χ2v) is 5.15. The van der Waals surface area contributed by atoms with E-state index >= 15 is 0 Å². The number of aliphatic hydroxyl groups is 1. The Kier molecular flexibility index (Phi) is 2.46. The molecule has 2 aromatic carbocycles. The molecule has 86 valence electrons. The molecule has 0 fully saturated rings. The van der Waals surface area contributed by atoms with Crippen molar-refractivity contribution in [3.8, 4) is 0 Å². The van der Waals surface area contributed by atoms with Crippen molar-refractivity contribution in [2.45, 2.75) is 11.1 Å². The molecule has 1 aliphatic heterocycles. The molecule has 0 spiro atoms. The second-order valence-electron chi connectivity index (χ2n) is 3.82. The van der Waals surface area contributed by atoms with E-state index in [4.69, 9.17) is 0 Å². The first-order chi connectivity index (χ1) is 8.29. The van der Waals surface area contributed by atoms with Crippen molar-refractivity contribution in [1.82, 2.24) is 0 Å². The van der Waals surface area contributed by atoms with E-state index in [2.05, 4.69) is 0 Å². The summed E-state index contributed by atoms with van der Waals surface area (Å²) in [6, 6.07) is 16.6. The van der Waals surface area contributed by atoms with Gasteiger partial charge in [-0.05, 0) is 18.2 Å². The van der Waals surface area contributed by atoms with Gasteiger partial charge in [-0.1, -0.05) is 36.4 Å². The zero-order valence-corrected chi connectivity index (χ0v) is 9.80. The van der Waals surface area contributed by atoms with E-state index in [-0.39, 0.29) is 0 Å². The maximum absolute atomic E-state index is 12.3. The van der Waals surface area contributed by atoms with Crippen LogP contribution < -0.4 is 4.31 Å². The summed E-state index contributed by atoms with van der Waals surface area (Å²) in [5.41, 5.74) is 1.48. The van der Waals surface area contributed by atoms with E-state index in [1.54, 1.807) is 12.1 Å². The lowest BCUT2D eigenvalue weighted by Gasteiger charge is -2.20. The Balaban J connectivity index is 2.10. The molecule has 0 aromatic heterocycles. The molecule has 3 nitrogen and oxygen atoms in total. The van der Waals surface area contributed by atoms with Gasteiger partial charge in [0.2, 0.25) is 0 Å². The highest BCUT2D eigenvalue weighted by atomic mass is 32.2. The highest BCUT2D eigenvalue weighted by Gasteiger charge is 2.35. The molecule has 4 heteroatoms. The molecule has 0 aliphatic carbocycles. The molecule has 0 amide bonds. The van der Waals surface area contributed by atoms with Crippen molar-refractivity contribution in [3.05, 3.63) is 60.2 Å². The summed E-state index contributed by atoms with van der Waals surface area (Å²) in [5, 5.41) is 10.2. The summed E-state index contributed by atoms with van der Waals surface area (Å²) < 4.78 is 13.8. The van der Waals surface area contributed by atoms with Crippen LogP contribution in [0.1, 0.15) is 11.8 Å². The van der Waals surface area contributed by atoms with Crippen molar-refractivity contribution in [1.29, 1.82) is 0 Å².